The van der Waals surface area contributed by atoms with Crippen LogP contribution in [0.2, 0.25) is 0 Å². The molecule has 0 aromatic carbocycles. The number of carbonyl (C=O) groups excluding carboxylic acids is 1. The molecule has 2 unspecified atom stereocenters. The number of hydrogen-bond donors (Lipinski definition) is 1. The van der Waals surface area contributed by atoms with Gasteiger partial charge in [0.05, 0.1) is 0 Å². The molecule has 1 saturated carbocycles. The highest BCUT2D eigenvalue weighted by Gasteiger charge is 2.61. The predicted octanol–water partition coefficient (Wildman–Crippen LogP) is -0.145. The van der Waals surface area contributed by atoms with Gasteiger partial charge in [0.25, 0.3) is 0 Å². The van der Waals surface area contributed by atoms with E-state index in [0.717, 1.165) is 12.8 Å². The molecule has 1 aliphatic carbocycles. The van der Waals surface area contributed by atoms with Crippen molar-refractivity contribution in [2.45, 2.75) is 18.4 Å². The molecule has 1 amide bonds. The Balaban J connectivity index is 2.12. The van der Waals surface area contributed by atoms with Gasteiger partial charge in [-0.15, -0.1) is 0 Å². The molecule has 1 radical (unpaired) electrons. The molecule has 2 N–H and O–H groups in total. The largest absolute Gasteiger partial charge is 0.367 e. The van der Waals surface area contributed by atoms with E-state index in [2.05, 4.69) is 0 Å². The van der Waals surface area contributed by atoms with Crippen molar-refractivity contribution < 1.29 is 9.53 Å². The molecule has 0 aromatic rings. The zero-order valence-electron chi connectivity index (χ0n) is 5.67. The first kappa shape index (κ1) is 6.16. The van der Waals surface area contributed by atoms with Crippen LogP contribution in [0.3, 0.4) is 0 Å². The minimum atomic E-state index is -0.641. The summed E-state index contributed by atoms with van der Waals surface area (Å²) in [6, 6.07) is 0. The molecule has 2 rings (SSSR count). The Kier molecular flexibility index (Phi) is 1.06. The van der Waals surface area contributed by atoms with E-state index in [1.165, 1.54) is 0 Å². The van der Waals surface area contributed by atoms with Crippen LogP contribution in [-0.2, 0) is 9.53 Å². The Morgan fingerprint density at radius 1 is 1.80 bits per heavy atom. The Bertz CT molecular complexity index is 180. The van der Waals surface area contributed by atoms with Crippen LogP contribution < -0.4 is 5.73 Å². The van der Waals surface area contributed by atoms with Crippen LogP contribution in [0.1, 0.15) is 12.8 Å². The fraction of sp³-hybridized carbons (Fsp3) is 0.714. The summed E-state index contributed by atoms with van der Waals surface area (Å²) in [7, 11) is 0. The molecule has 3 nitrogen and oxygen atoms in total. The number of hydrogen-bond acceptors (Lipinski definition) is 2. The normalized spacial score (nSPS) is 44.2. The lowest BCUT2D eigenvalue weighted by Crippen LogP contribution is -2.37. The van der Waals surface area contributed by atoms with Gasteiger partial charge in [0.15, 0.2) is 5.60 Å². The SMILES string of the molecule is NC(=O)C12[CH]C1CCCO2. The highest BCUT2D eigenvalue weighted by Crippen LogP contribution is 2.50. The Hall–Kier alpha value is -0.570. The zero-order valence-corrected chi connectivity index (χ0v) is 5.67. The molecule has 2 fully saturated rings. The van der Waals surface area contributed by atoms with Crippen molar-refractivity contribution in [3.63, 3.8) is 0 Å². The molecule has 0 spiro atoms. The van der Waals surface area contributed by atoms with Crippen LogP contribution in [0.5, 0.6) is 0 Å². The monoisotopic (exact) mass is 140 g/mol. The van der Waals surface area contributed by atoms with Gasteiger partial charge in [0, 0.05) is 18.9 Å². The molecular formula is C7H10NO2. The number of carbonyl (C=O) groups is 1. The Morgan fingerprint density at radius 3 is 3.10 bits per heavy atom. The minimum Gasteiger partial charge on any atom is -0.367 e. The van der Waals surface area contributed by atoms with E-state index in [0.29, 0.717) is 12.5 Å². The maximum absolute atomic E-state index is 10.8. The average Bonchev–Trinajstić information content (AvgIpc) is 2.61. The van der Waals surface area contributed by atoms with Crippen LogP contribution >= 0.6 is 0 Å². The predicted molar refractivity (Wildman–Crippen MR) is 34.9 cm³/mol. The number of amides is 1. The molecule has 2 aliphatic rings. The van der Waals surface area contributed by atoms with Crippen LogP contribution in [-0.4, -0.2) is 18.1 Å². The summed E-state index contributed by atoms with van der Waals surface area (Å²) in [6.07, 6.45) is 4.02. The molecule has 3 heteroatoms. The lowest BCUT2D eigenvalue weighted by Gasteiger charge is -2.18. The molecule has 2 atom stereocenters. The molecule has 1 aliphatic heterocycles. The van der Waals surface area contributed by atoms with Crippen molar-refractivity contribution in [3.8, 4) is 0 Å². The van der Waals surface area contributed by atoms with Crippen LogP contribution in [0.25, 0.3) is 0 Å². The van der Waals surface area contributed by atoms with Gasteiger partial charge in [-0.2, -0.15) is 0 Å². The number of ether oxygens (including phenoxy) is 1. The fourth-order valence-electron chi connectivity index (χ4n) is 1.58. The summed E-state index contributed by atoms with van der Waals surface area (Å²) in [4.78, 5) is 10.8. The van der Waals surface area contributed by atoms with Gasteiger partial charge in [-0.05, 0) is 12.8 Å². The summed E-state index contributed by atoms with van der Waals surface area (Å²) in [5, 5.41) is 0. The highest BCUT2D eigenvalue weighted by atomic mass is 16.5. The number of nitrogens with two attached hydrogens (primary N) is 1. The van der Waals surface area contributed by atoms with E-state index in [1.54, 1.807) is 0 Å². The summed E-state index contributed by atoms with van der Waals surface area (Å²) < 4.78 is 5.27. The number of rotatable bonds is 1. The highest BCUT2D eigenvalue weighted by molar-refractivity contribution is 5.90. The van der Waals surface area contributed by atoms with Crippen molar-refractivity contribution in [2.24, 2.45) is 11.7 Å². The summed E-state index contributed by atoms with van der Waals surface area (Å²) in [5.74, 6) is -0.00375. The van der Waals surface area contributed by atoms with Crippen molar-refractivity contribution in [1.82, 2.24) is 0 Å². The zero-order chi connectivity index (χ0) is 7.19. The maximum Gasteiger partial charge on any atom is 0.250 e. The third-order valence-electron chi connectivity index (χ3n) is 2.28. The number of primary amides is 1. The van der Waals surface area contributed by atoms with Gasteiger partial charge in [0.2, 0.25) is 5.91 Å². The second kappa shape index (κ2) is 1.72. The first-order valence-corrected chi connectivity index (χ1v) is 3.55. The molecule has 0 bridgehead atoms. The summed E-state index contributed by atoms with van der Waals surface area (Å²) in [5.41, 5.74) is 4.51. The fourth-order valence-corrected chi connectivity index (χ4v) is 1.58. The van der Waals surface area contributed by atoms with E-state index in [1.807, 2.05) is 6.42 Å². The molecule has 55 valence electrons. The topological polar surface area (TPSA) is 52.3 Å². The standard InChI is InChI=1S/C7H10NO2/c8-6(9)7-4-5(7)2-1-3-10-7/h4-5H,1-3H2,(H2,8,9). The van der Waals surface area contributed by atoms with E-state index in [9.17, 15) is 4.79 Å². The van der Waals surface area contributed by atoms with E-state index in [4.69, 9.17) is 10.5 Å². The second-order valence-electron chi connectivity index (χ2n) is 2.92. The van der Waals surface area contributed by atoms with Crippen LogP contribution in [0.4, 0.5) is 0 Å². The van der Waals surface area contributed by atoms with Crippen LogP contribution in [0.15, 0.2) is 0 Å². The second-order valence-corrected chi connectivity index (χ2v) is 2.92. The molecule has 10 heavy (non-hydrogen) atoms. The third-order valence-corrected chi connectivity index (χ3v) is 2.28. The van der Waals surface area contributed by atoms with Gasteiger partial charge >= 0.3 is 0 Å². The summed E-state index contributed by atoms with van der Waals surface area (Å²) >= 11 is 0. The lowest BCUT2D eigenvalue weighted by molar-refractivity contribution is -0.134. The molecule has 1 heterocycles. The van der Waals surface area contributed by atoms with Crippen molar-refractivity contribution in [3.05, 3.63) is 6.42 Å². The average molecular weight is 140 g/mol. The molecule has 1 saturated heterocycles. The van der Waals surface area contributed by atoms with Crippen molar-refractivity contribution >= 4 is 5.91 Å². The van der Waals surface area contributed by atoms with Crippen LogP contribution in [0, 0.1) is 12.3 Å². The Labute approximate surface area is 59.5 Å². The van der Waals surface area contributed by atoms with Crippen molar-refractivity contribution in [2.75, 3.05) is 6.61 Å². The van der Waals surface area contributed by atoms with E-state index >= 15 is 0 Å². The van der Waals surface area contributed by atoms with E-state index < -0.39 is 5.60 Å². The maximum atomic E-state index is 10.8. The smallest absolute Gasteiger partial charge is 0.250 e. The third kappa shape index (κ3) is 0.611. The molecular weight excluding hydrogens is 130 g/mol. The first-order chi connectivity index (χ1) is 4.76. The van der Waals surface area contributed by atoms with Gasteiger partial charge in [-0.3, -0.25) is 4.79 Å². The molecule has 0 aromatic heterocycles. The van der Waals surface area contributed by atoms with Gasteiger partial charge in [-0.1, -0.05) is 0 Å². The van der Waals surface area contributed by atoms with Gasteiger partial charge in [-0.25, -0.2) is 0 Å². The lowest BCUT2D eigenvalue weighted by atomic mass is 10.1. The van der Waals surface area contributed by atoms with E-state index in [-0.39, 0.29) is 5.91 Å². The Morgan fingerprint density at radius 2 is 2.60 bits per heavy atom. The minimum absolute atomic E-state index is 0.318. The summed E-state index contributed by atoms with van der Waals surface area (Å²) in [6.45, 7) is 0.677. The quantitative estimate of drug-likeness (QED) is 0.551. The van der Waals surface area contributed by atoms with Gasteiger partial charge < -0.3 is 10.5 Å². The number of fused-ring (bicyclic) bond motifs is 1. The van der Waals surface area contributed by atoms with Gasteiger partial charge in [0.1, 0.15) is 0 Å². The first-order valence-electron chi connectivity index (χ1n) is 3.55. The van der Waals surface area contributed by atoms with Crippen molar-refractivity contribution in [1.29, 1.82) is 0 Å².